The predicted molar refractivity (Wildman–Crippen MR) is 120 cm³/mol. The Morgan fingerprint density at radius 3 is 2.76 bits per heavy atom. The summed E-state index contributed by atoms with van der Waals surface area (Å²) in [4.78, 5) is 25.7. The number of halogens is 1. The third-order valence-electron chi connectivity index (χ3n) is 4.15. The number of ether oxygens (including phenoxy) is 1. The van der Waals surface area contributed by atoms with Gasteiger partial charge < -0.3 is 15.0 Å². The highest BCUT2D eigenvalue weighted by Gasteiger charge is 2.19. The van der Waals surface area contributed by atoms with Crippen molar-refractivity contribution in [2.75, 3.05) is 19.0 Å². The highest BCUT2D eigenvalue weighted by atomic mass is 32.2. The summed E-state index contributed by atoms with van der Waals surface area (Å²) in [5.41, 5.74) is 0.108. The first-order chi connectivity index (χ1) is 16.0. The number of aryl methyl sites for hydroxylation is 1. The van der Waals surface area contributed by atoms with E-state index in [0.29, 0.717) is 40.0 Å². The van der Waals surface area contributed by atoms with Crippen LogP contribution in [0.5, 0.6) is 0 Å². The highest BCUT2D eigenvalue weighted by Crippen LogP contribution is 2.31. The fraction of sp³-hybridized carbons (Fsp3) is 0.200. The molecule has 1 amide bonds. The SMILES string of the molecule is COCCn1ccc(NC(=O)c2nc(Sc3nnc(C)[nH]3)cnc2Sc2ccc(F)cc2)n1. The van der Waals surface area contributed by atoms with E-state index in [0.717, 1.165) is 4.90 Å². The smallest absolute Gasteiger partial charge is 0.278 e. The lowest BCUT2D eigenvalue weighted by Crippen LogP contribution is -2.17. The number of hydrogen-bond donors (Lipinski definition) is 2. The molecule has 10 nitrogen and oxygen atoms in total. The van der Waals surface area contributed by atoms with Crippen molar-refractivity contribution < 1.29 is 13.9 Å². The molecule has 1 aromatic carbocycles. The van der Waals surface area contributed by atoms with E-state index in [1.54, 1.807) is 49.3 Å². The Hall–Kier alpha value is -3.29. The molecule has 0 unspecified atom stereocenters. The second-order valence-electron chi connectivity index (χ2n) is 6.65. The van der Waals surface area contributed by atoms with Crippen LogP contribution in [0.3, 0.4) is 0 Å². The van der Waals surface area contributed by atoms with Crippen LogP contribution in [0, 0.1) is 12.7 Å². The number of rotatable bonds is 9. The molecule has 0 bridgehead atoms. The molecule has 13 heteroatoms. The number of amides is 1. The van der Waals surface area contributed by atoms with Gasteiger partial charge in [0.15, 0.2) is 16.7 Å². The summed E-state index contributed by atoms with van der Waals surface area (Å²) in [5, 5.41) is 16.4. The van der Waals surface area contributed by atoms with Crippen molar-refractivity contribution in [1.82, 2.24) is 34.9 Å². The number of carbonyl (C=O) groups is 1. The van der Waals surface area contributed by atoms with E-state index in [9.17, 15) is 9.18 Å². The topological polar surface area (TPSA) is 124 Å². The second kappa shape index (κ2) is 10.6. The lowest BCUT2D eigenvalue weighted by Gasteiger charge is -2.09. The Balaban J connectivity index is 1.59. The first-order valence-corrected chi connectivity index (χ1v) is 11.3. The van der Waals surface area contributed by atoms with E-state index < -0.39 is 5.91 Å². The van der Waals surface area contributed by atoms with Gasteiger partial charge >= 0.3 is 0 Å². The van der Waals surface area contributed by atoms with Crippen LogP contribution in [0.1, 0.15) is 16.3 Å². The van der Waals surface area contributed by atoms with E-state index in [2.05, 4.69) is 35.6 Å². The van der Waals surface area contributed by atoms with E-state index in [4.69, 9.17) is 4.74 Å². The van der Waals surface area contributed by atoms with Crippen molar-refractivity contribution in [3.05, 3.63) is 60.1 Å². The van der Waals surface area contributed by atoms with Gasteiger partial charge in [0.05, 0.1) is 19.3 Å². The number of aromatic nitrogens is 7. The molecule has 3 heterocycles. The molecular formula is C20H19FN8O2S2. The molecule has 0 aliphatic heterocycles. The minimum atomic E-state index is -0.472. The van der Waals surface area contributed by atoms with Crippen molar-refractivity contribution in [2.45, 2.75) is 33.6 Å². The zero-order chi connectivity index (χ0) is 23.2. The zero-order valence-electron chi connectivity index (χ0n) is 17.6. The van der Waals surface area contributed by atoms with Crippen molar-refractivity contribution in [1.29, 1.82) is 0 Å². The van der Waals surface area contributed by atoms with E-state index in [1.165, 1.54) is 35.7 Å². The number of methoxy groups -OCH3 is 1. The number of nitrogens with one attached hydrogen (secondary N) is 2. The van der Waals surface area contributed by atoms with Gasteiger partial charge in [-0.2, -0.15) is 5.10 Å². The number of hydrogen-bond acceptors (Lipinski definition) is 9. The lowest BCUT2D eigenvalue weighted by molar-refractivity contribution is 0.101. The van der Waals surface area contributed by atoms with Gasteiger partial charge in [0, 0.05) is 24.3 Å². The van der Waals surface area contributed by atoms with Gasteiger partial charge in [0.25, 0.3) is 5.91 Å². The molecular weight excluding hydrogens is 467 g/mol. The normalized spacial score (nSPS) is 11.0. The standard InChI is InChI=1S/C20H19FN8O2S2/c1-12-23-20(27-26-12)33-16-11-22-19(32-14-5-3-13(21)4-6-14)17(25-16)18(30)24-15-7-8-29(28-15)9-10-31-2/h3-8,11H,9-10H2,1-2H3,(H,23,26,27)(H,24,28,30). The number of benzene rings is 1. The van der Waals surface area contributed by atoms with Crippen LogP contribution in [-0.4, -0.2) is 54.6 Å². The molecule has 0 atom stereocenters. The molecule has 0 saturated carbocycles. The average molecular weight is 487 g/mol. The molecule has 0 fully saturated rings. The van der Waals surface area contributed by atoms with E-state index in [-0.39, 0.29) is 11.5 Å². The molecule has 4 rings (SSSR count). The summed E-state index contributed by atoms with van der Waals surface area (Å²) in [7, 11) is 1.61. The maximum atomic E-state index is 13.3. The number of aromatic amines is 1. The fourth-order valence-electron chi connectivity index (χ4n) is 2.63. The van der Waals surface area contributed by atoms with Crippen molar-refractivity contribution >= 4 is 35.2 Å². The summed E-state index contributed by atoms with van der Waals surface area (Å²) in [6.45, 7) is 2.84. The van der Waals surface area contributed by atoms with Gasteiger partial charge in [-0.25, -0.2) is 14.4 Å². The van der Waals surface area contributed by atoms with Gasteiger partial charge in [-0.15, -0.1) is 10.2 Å². The Morgan fingerprint density at radius 1 is 1.21 bits per heavy atom. The van der Waals surface area contributed by atoms with E-state index >= 15 is 0 Å². The number of nitrogens with zero attached hydrogens (tertiary/aromatic N) is 6. The zero-order valence-corrected chi connectivity index (χ0v) is 19.3. The van der Waals surface area contributed by atoms with Gasteiger partial charge in [0.2, 0.25) is 0 Å². The molecule has 170 valence electrons. The summed E-state index contributed by atoms with van der Waals surface area (Å²) >= 11 is 2.41. The third kappa shape index (κ3) is 6.15. The Kier molecular flexibility index (Phi) is 7.32. The average Bonchev–Trinajstić information content (AvgIpc) is 3.43. The molecule has 0 radical (unpaired) electrons. The lowest BCUT2D eigenvalue weighted by atomic mass is 10.3. The van der Waals surface area contributed by atoms with Crippen LogP contribution in [0.15, 0.2) is 62.8 Å². The molecule has 0 saturated heterocycles. The third-order valence-corrected chi connectivity index (χ3v) is 5.93. The monoisotopic (exact) mass is 486 g/mol. The Labute approximate surface area is 196 Å². The van der Waals surface area contributed by atoms with E-state index in [1.807, 2.05) is 0 Å². The van der Waals surface area contributed by atoms with Crippen LogP contribution >= 0.6 is 23.5 Å². The maximum Gasteiger partial charge on any atom is 0.278 e. The first kappa shape index (κ1) is 22.9. The number of carbonyl (C=O) groups excluding carboxylic acids is 1. The molecule has 4 aromatic rings. The van der Waals surface area contributed by atoms with Crippen molar-refractivity contribution in [3.8, 4) is 0 Å². The number of H-pyrrole nitrogens is 1. The van der Waals surface area contributed by atoms with Crippen LogP contribution in [0.2, 0.25) is 0 Å². The quantitative estimate of drug-likeness (QED) is 0.366. The van der Waals surface area contributed by atoms with Gasteiger partial charge in [-0.3, -0.25) is 9.48 Å². The first-order valence-electron chi connectivity index (χ1n) is 9.71. The minimum Gasteiger partial charge on any atom is -0.383 e. The minimum absolute atomic E-state index is 0.108. The molecule has 3 aromatic heterocycles. The van der Waals surface area contributed by atoms with Crippen LogP contribution in [-0.2, 0) is 11.3 Å². The highest BCUT2D eigenvalue weighted by molar-refractivity contribution is 7.99. The summed E-state index contributed by atoms with van der Waals surface area (Å²) < 4.78 is 20.0. The Bertz CT molecular complexity index is 1250. The molecule has 0 aliphatic rings. The van der Waals surface area contributed by atoms with Gasteiger partial charge in [0.1, 0.15) is 21.7 Å². The molecule has 0 aliphatic carbocycles. The molecule has 0 spiro atoms. The maximum absolute atomic E-state index is 13.3. The Morgan fingerprint density at radius 2 is 2.03 bits per heavy atom. The second-order valence-corrected chi connectivity index (χ2v) is 8.72. The van der Waals surface area contributed by atoms with Crippen molar-refractivity contribution in [3.63, 3.8) is 0 Å². The fourth-order valence-corrected chi connectivity index (χ4v) is 4.19. The number of anilines is 1. The summed E-state index contributed by atoms with van der Waals surface area (Å²) in [6, 6.07) is 7.60. The predicted octanol–water partition coefficient (Wildman–Crippen LogP) is 3.44. The van der Waals surface area contributed by atoms with Gasteiger partial charge in [-0.1, -0.05) is 11.8 Å². The molecule has 2 N–H and O–H groups in total. The van der Waals surface area contributed by atoms with Crippen molar-refractivity contribution in [2.24, 2.45) is 0 Å². The van der Waals surface area contributed by atoms with Gasteiger partial charge in [-0.05, 0) is 43.0 Å². The summed E-state index contributed by atoms with van der Waals surface area (Å²) in [6.07, 6.45) is 3.29. The molecule has 33 heavy (non-hydrogen) atoms. The van der Waals surface area contributed by atoms with Crippen LogP contribution in [0.25, 0.3) is 0 Å². The van der Waals surface area contributed by atoms with Crippen LogP contribution < -0.4 is 5.32 Å². The summed E-state index contributed by atoms with van der Waals surface area (Å²) in [5.74, 6) is 0.220. The van der Waals surface area contributed by atoms with Crippen LogP contribution in [0.4, 0.5) is 10.2 Å². The largest absolute Gasteiger partial charge is 0.383 e.